The van der Waals surface area contributed by atoms with Crippen molar-refractivity contribution in [3.05, 3.63) is 29.6 Å². The minimum atomic E-state index is -0.918. The second-order valence-electron chi connectivity index (χ2n) is 5.51. The zero-order valence-corrected chi connectivity index (χ0v) is 12.8. The standard InChI is InChI=1S/C16H22N2O3/c1-4-15-17-13-6-5-12(16(19)20)9-14(13)18(15)7-8-21-10-11(2)3/h5-6,9,11H,4,7-8,10H2,1-3H3,(H,19,20). The molecule has 114 valence electrons. The van der Waals surface area contributed by atoms with Gasteiger partial charge in [0.15, 0.2) is 0 Å². The maximum Gasteiger partial charge on any atom is 0.335 e. The smallest absolute Gasteiger partial charge is 0.335 e. The Balaban J connectivity index is 2.26. The van der Waals surface area contributed by atoms with Crippen molar-refractivity contribution in [2.24, 2.45) is 5.92 Å². The molecule has 0 saturated heterocycles. The van der Waals surface area contributed by atoms with E-state index in [9.17, 15) is 4.79 Å². The van der Waals surface area contributed by atoms with Gasteiger partial charge in [0, 0.05) is 19.6 Å². The average Bonchev–Trinajstić information content (AvgIpc) is 2.80. The van der Waals surface area contributed by atoms with Crippen LogP contribution in [0.15, 0.2) is 18.2 Å². The van der Waals surface area contributed by atoms with E-state index in [1.165, 1.54) is 0 Å². The number of nitrogens with zero attached hydrogens (tertiary/aromatic N) is 2. The van der Waals surface area contributed by atoms with Crippen molar-refractivity contribution in [2.75, 3.05) is 13.2 Å². The molecule has 1 aromatic heterocycles. The highest BCUT2D eigenvalue weighted by Gasteiger charge is 2.12. The van der Waals surface area contributed by atoms with Crippen molar-refractivity contribution >= 4 is 17.0 Å². The topological polar surface area (TPSA) is 64.3 Å². The summed E-state index contributed by atoms with van der Waals surface area (Å²) in [7, 11) is 0. The van der Waals surface area contributed by atoms with Gasteiger partial charge in [-0.15, -0.1) is 0 Å². The summed E-state index contributed by atoms with van der Waals surface area (Å²) in [6.45, 7) is 8.30. The molecule has 0 spiro atoms. The summed E-state index contributed by atoms with van der Waals surface area (Å²) >= 11 is 0. The Morgan fingerprint density at radius 1 is 1.43 bits per heavy atom. The molecule has 0 bridgehead atoms. The number of fused-ring (bicyclic) bond motifs is 1. The van der Waals surface area contributed by atoms with Gasteiger partial charge in [-0.2, -0.15) is 0 Å². The molecule has 0 fully saturated rings. The van der Waals surface area contributed by atoms with Gasteiger partial charge in [-0.25, -0.2) is 9.78 Å². The number of aromatic nitrogens is 2. The second-order valence-corrected chi connectivity index (χ2v) is 5.51. The number of ether oxygens (including phenoxy) is 1. The highest BCUT2D eigenvalue weighted by molar-refractivity contribution is 5.92. The minimum Gasteiger partial charge on any atom is -0.478 e. The number of imidazole rings is 1. The molecule has 2 rings (SSSR count). The van der Waals surface area contributed by atoms with E-state index in [4.69, 9.17) is 9.84 Å². The van der Waals surface area contributed by atoms with Gasteiger partial charge in [0.1, 0.15) is 5.82 Å². The zero-order valence-electron chi connectivity index (χ0n) is 12.8. The highest BCUT2D eigenvalue weighted by atomic mass is 16.5. The van der Waals surface area contributed by atoms with E-state index in [1.54, 1.807) is 18.2 Å². The molecule has 0 radical (unpaired) electrons. The van der Waals surface area contributed by atoms with Crippen LogP contribution in [0.4, 0.5) is 0 Å². The van der Waals surface area contributed by atoms with Crippen LogP contribution in [0, 0.1) is 5.92 Å². The fourth-order valence-electron chi connectivity index (χ4n) is 2.30. The Morgan fingerprint density at radius 3 is 2.81 bits per heavy atom. The van der Waals surface area contributed by atoms with Gasteiger partial charge < -0.3 is 14.4 Å². The van der Waals surface area contributed by atoms with Crippen LogP contribution >= 0.6 is 0 Å². The van der Waals surface area contributed by atoms with Crippen LogP contribution in [0.1, 0.15) is 37.0 Å². The van der Waals surface area contributed by atoms with Crippen LogP contribution in [0.2, 0.25) is 0 Å². The Labute approximate surface area is 124 Å². The van der Waals surface area contributed by atoms with E-state index in [0.717, 1.165) is 29.9 Å². The summed E-state index contributed by atoms with van der Waals surface area (Å²) in [6.07, 6.45) is 0.807. The van der Waals surface area contributed by atoms with Gasteiger partial charge in [0.05, 0.1) is 23.2 Å². The first-order valence-electron chi connectivity index (χ1n) is 7.33. The number of carboxylic acids is 1. The van der Waals surface area contributed by atoms with Crippen LogP contribution in [0.3, 0.4) is 0 Å². The molecule has 0 atom stereocenters. The Hall–Kier alpha value is -1.88. The molecule has 5 heteroatoms. The first kappa shape index (κ1) is 15.5. The van der Waals surface area contributed by atoms with Crippen LogP contribution in [-0.4, -0.2) is 33.8 Å². The molecule has 5 nitrogen and oxygen atoms in total. The van der Waals surface area contributed by atoms with E-state index in [0.29, 0.717) is 19.1 Å². The summed E-state index contributed by atoms with van der Waals surface area (Å²) < 4.78 is 7.69. The Bertz CT molecular complexity index is 632. The summed E-state index contributed by atoms with van der Waals surface area (Å²) in [5, 5.41) is 9.12. The zero-order chi connectivity index (χ0) is 15.4. The first-order valence-corrected chi connectivity index (χ1v) is 7.33. The molecule has 1 heterocycles. The number of rotatable bonds is 7. The number of aryl methyl sites for hydroxylation is 1. The van der Waals surface area contributed by atoms with Crippen LogP contribution in [0.25, 0.3) is 11.0 Å². The van der Waals surface area contributed by atoms with Crippen molar-refractivity contribution in [3.8, 4) is 0 Å². The van der Waals surface area contributed by atoms with Crippen LogP contribution < -0.4 is 0 Å². The third-order valence-corrected chi connectivity index (χ3v) is 3.30. The number of hydrogen-bond acceptors (Lipinski definition) is 3. The Kier molecular flexibility index (Phi) is 4.96. The number of hydrogen-bond donors (Lipinski definition) is 1. The molecule has 0 aliphatic heterocycles. The van der Waals surface area contributed by atoms with E-state index in [1.807, 2.05) is 6.92 Å². The molecular weight excluding hydrogens is 268 g/mol. The van der Waals surface area contributed by atoms with Gasteiger partial charge >= 0.3 is 5.97 Å². The van der Waals surface area contributed by atoms with Gasteiger partial charge in [0.2, 0.25) is 0 Å². The minimum absolute atomic E-state index is 0.286. The van der Waals surface area contributed by atoms with Crippen molar-refractivity contribution in [2.45, 2.75) is 33.7 Å². The molecule has 1 N–H and O–H groups in total. The van der Waals surface area contributed by atoms with Crippen molar-refractivity contribution in [1.82, 2.24) is 9.55 Å². The summed E-state index contributed by atoms with van der Waals surface area (Å²) in [4.78, 5) is 15.7. The fourth-order valence-corrected chi connectivity index (χ4v) is 2.30. The lowest BCUT2D eigenvalue weighted by molar-refractivity contribution is 0.0697. The third-order valence-electron chi connectivity index (χ3n) is 3.30. The summed E-state index contributed by atoms with van der Waals surface area (Å²) in [5.41, 5.74) is 1.98. The van der Waals surface area contributed by atoms with Gasteiger partial charge in [0.25, 0.3) is 0 Å². The molecule has 1 aromatic carbocycles. The normalized spacial score (nSPS) is 11.4. The number of carbonyl (C=O) groups is 1. The molecule has 0 unspecified atom stereocenters. The average molecular weight is 290 g/mol. The van der Waals surface area contributed by atoms with Gasteiger partial charge in [-0.1, -0.05) is 20.8 Å². The van der Waals surface area contributed by atoms with Crippen LogP contribution in [0.5, 0.6) is 0 Å². The number of aromatic carboxylic acids is 1. The molecule has 0 amide bonds. The maximum absolute atomic E-state index is 11.1. The lowest BCUT2D eigenvalue weighted by atomic mass is 10.2. The summed E-state index contributed by atoms with van der Waals surface area (Å²) in [5.74, 6) is 0.549. The predicted octanol–water partition coefficient (Wildman–Crippen LogP) is 2.97. The largest absolute Gasteiger partial charge is 0.478 e. The highest BCUT2D eigenvalue weighted by Crippen LogP contribution is 2.19. The van der Waals surface area contributed by atoms with Crippen molar-refractivity contribution in [3.63, 3.8) is 0 Å². The van der Waals surface area contributed by atoms with E-state index in [-0.39, 0.29) is 5.56 Å². The van der Waals surface area contributed by atoms with Crippen molar-refractivity contribution < 1.29 is 14.6 Å². The lowest BCUT2D eigenvalue weighted by Crippen LogP contribution is -2.11. The summed E-state index contributed by atoms with van der Waals surface area (Å²) in [6, 6.07) is 5.05. The molecule has 2 aromatic rings. The molecule has 0 aliphatic carbocycles. The van der Waals surface area contributed by atoms with E-state index < -0.39 is 5.97 Å². The fraction of sp³-hybridized carbons (Fsp3) is 0.500. The van der Waals surface area contributed by atoms with E-state index in [2.05, 4.69) is 23.4 Å². The first-order chi connectivity index (χ1) is 10.0. The molecule has 21 heavy (non-hydrogen) atoms. The van der Waals surface area contributed by atoms with Gasteiger partial charge in [-0.3, -0.25) is 0 Å². The Morgan fingerprint density at radius 2 is 2.19 bits per heavy atom. The molecule has 0 saturated carbocycles. The predicted molar refractivity (Wildman–Crippen MR) is 81.7 cm³/mol. The molecular formula is C16H22N2O3. The number of carboxylic acid groups (broad SMARTS) is 1. The van der Waals surface area contributed by atoms with Crippen molar-refractivity contribution in [1.29, 1.82) is 0 Å². The van der Waals surface area contributed by atoms with Crippen LogP contribution in [-0.2, 0) is 17.7 Å². The lowest BCUT2D eigenvalue weighted by Gasteiger charge is -2.10. The monoisotopic (exact) mass is 290 g/mol. The third kappa shape index (κ3) is 3.61. The SMILES string of the molecule is CCc1nc2ccc(C(=O)O)cc2n1CCOCC(C)C. The quantitative estimate of drug-likeness (QED) is 0.796. The number of benzene rings is 1. The second kappa shape index (κ2) is 6.72. The molecule has 0 aliphatic rings. The maximum atomic E-state index is 11.1. The van der Waals surface area contributed by atoms with E-state index >= 15 is 0 Å². The van der Waals surface area contributed by atoms with Gasteiger partial charge in [-0.05, 0) is 24.1 Å².